The molecule has 1 amide bonds. The van der Waals surface area contributed by atoms with Crippen LogP contribution < -0.4 is 10.1 Å². The number of rotatable bonds is 5. The number of benzene rings is 3. The summed E-state index contributed by atoms with van der Waals surface area (Å²) in [6.07, 6.45) is 0.780. The minimum absolute atomic E-state index is 0. The molecule has 1 saturated carbocycles. The fraction of sp³-hybridized carbons (Fsp3) is 0.406. The van der Waals surface area contributed by atoms with Gasteiger partial charge in [-0.1, -0.05) is 66.7 Å². The molecule has 8 heteroatoms. The van der Waals surface area contributed by atoms with Crippen LogP contribution in [-0.4, -0.2) is 57.0 Å². The van der Waals surface area contributed by atoms with Gasteiger partial charge in [-0.3, -0.25) is 9.69 Å². The van der Waals surface area contributed by atoms with Crippen LogP contribution in [0.25, 0.3) is 0 Å². The van der Waals surface area contributed by atoms with Gasteiger partial charge in [0.05, 0.1) is 11.0 Å². The van der Waals surface area contributed by atoms with Crippen LogP contribution in [0.4, 0.5) is 0 Å². The van der Waals surface area contributed by atoms with E-state index in [2.05, 4.69) is 34.5 Å². The van der Waals surface area contributed by atoms with Gasteiger partial charge < -0.3 is 25.0 Å². The molecule has 6 atom stereocenters. The van der Waals surface area contributed by atoms with E-state index in [4.69, 9.17) is 9.47 Å². The second kappa shape index (κ2) is 8.95. The minimum atomic E-state index is -1.51. The lowest BCUT2D eigenvalue weighted by molar-refractivity contribution is -0.345. The van der Waals surface area contributed by atoms with Gasteiger partial charge in [0.25, 0.3) is 5.91 Å². The normalized spacial score (nSPS) is 34.4. The molecule has 4 heterocycles. The van der Waals surface area contributed by atoms with Gasteiger partial charge in [-0.15, -0.1) is 12.4 Å². The van der Waals surface area contributed by atoms with Crippen molar-refractivity contribution in [3.63, 3.8) is 0 Å². The summed E-state index contributed by atoms with van der Waals surface area (Å²) in [6, 6.07) is 23.9. The Kier molecular flexibility index (Phi) is 5.78. The molecule has 3 saturated heterocycles. The third-order valence-corrected chi connectivity index (χ3v) is 10.2. The van der Waals surface area contributed by atoms with Crippen molar-refractivity contribution in [1.82, 2.24) is 10.2 Å². The van der Waals surface area contributed by atoms with Crippen molar-refractivity contribution in [2.45, 2.75) is 73.6 Å². The van der Waals surface area contributed by atoms with Gasteiger partial charge in [0, 0.05) is 31.2 Å². The number of hydrogen-bond acceptors (Lipinski definition) is 6. The Labute approximate surface area is 239 Å². The first-order valence-corrected chi connectivity index (χ1v) is 14.0. The number of amides is 1. The smallest absolute Gasteiger partial charge is 0.252 e. The maximum atomic E-state index is 13.7. The number of halogens is 1. The number of nitrogens with one attached hydrogen (secondary N) is 1. The number of carbonyl (C=O) groups excluding carboxylic acids is 1. The van der Waals surface area contributed by atoms with Crippen LogP contribution in [0.2, 0.25) is 0 Å². The highest BCUT2D eigenvalue weighted by atomic mass is 35.5. The summed E-state index contributed by atoms with van der Waals surface area (Å²) in [6.45, 7) is 1.96. The number of phenols is 1. The van der Waals surface area contributed by atoms with E-state index in [0.29, 0.717) is 25.1 Å². The fourth-order valence-corrected chi connectivity index (χ4v) is 8.64. The Morgan fingerprint density at radius 2 is 1.70 bits per heavy atom. The highest BCUT2D eigenvalue weighted by molar-refractivity contribution is 5.85. The number of nitrogens with zero attached hydrogens (tertiary/aromatic N) is 1. The molecule has 0 aromatic heterocycles. The van der Waals surface area contributed by atoms with Crippen LogP contribution in [0, 0.1) is 0 Å². The van der Waals surface area contributed by atoms with Crippen molar-refractivity contribution < 1.29 is 24.5 Å². The van der Waals surface area contributed by atoms with Crippen LogP contribution in [0.5, 0.6) is 11.5 Å². The van der Waals surface area contributed by atoms with Crippen LogP contribution in [0.15, 0.2) is 72.8 Å². The molecule has 9 rings (SSSR count). The lowest BCUT2D eigenvalue weighted by Gasteiger charge is -2.71. The van der Waals surface area contributed by atoms with E-state index in [0.717, 1.165) is 42.6 Å². The number of piperidine rings is 1. The average molecular weight is 561 g/mol. The summed E-state index contributed by atoms with van der Waals surface area (Å²) in [4.78, 5) is 16.2. The van der Waals surface area contributed by atoms with Crippen molar-refractivity contribution in [3.8, 4) is 11.5 Å². The molecule has 4 fully saturated rings. The molecule has 0 radical (unpaired) electrons. The Morgan fingerprint density at radius 3 is 2.45 bits per heavy atom. The van der Waals surface area contributed by atoms with Crippen molar-refractivity contribution in [2.24, 2.45) is 0 Å². The summed E-state index contributed by atoms with van der Waals surface area (Å²) in [7, 11) is 0. The van der Waals surface area contributed by atoms with Gasteiger partial charge in [0.2, 0.25) is 0 Å². The van der Waals surface area contributed by atoms with Crippen molar-refractivity contribution >= 4 is 18.3 Å². The number of hydrogen-bond donors (Lipinski definition) is 3. The van der Waals surface area contributed by atoms with Gasteiger partial charge in [-0.2, -0.15) is 0 Å². The molecule has 4 bridgehead atoms. The highest BCUT2D eigenvalue weighted by Gasteiger charge is 2.82. The predicted molar refractivity (Wildman–Crippen MR) is 150 cm³/mol. The molecule has 3 N–H and O–H groups in total. The van der Waals surface area contributed by atoms with Crippen molar-refractivity contribution in [3.05, 3.63) is 95.1 Å². The van der Waals surface area contributed by atoms with Gasteiger partial charge in [0.1, 0.15) is 11.7 Å². The first kappa shape index (κ1) is 25.8. The molecular formula is C32H33ClN2O5. The third kappa shape index (κ3) is 3.20. The average Bonchev–Trinajstić information content (AvgIpc) is 3.34. The van der Waals surface area contributed by atoms with Gasteiger partial charge in [-0.25, -0.2) is 0 Å². The van der Waals surface area contributed by atoms with Crippen molar-refractivity contribution in [1.29, 1.82) is 0 Å². The number of aliphatic hydroxyl groups is 1. The molecule has 3 aromatic carbocycles. The minimum Gasteiger partial charge on any atom is -0.504 e. The Morgan fingerprint density at radius 1 is 0.975 bits per heavy atom. The summed E-state index contributed by atoms with van der Waals surface area (Å²) in [5.41, 5.74) is 1.52. The number of carbonyl (C=O) groups is 1. The molecule has 3 aromatic rings. The number of likely N-dealkylation sites (tertiary alicyclic amines) is 1. The second-order valence-electron chi connectivity index (χ2n) is 11.9. The molecule has 7 nitrogen and oxygen atoms in total. The third-order valence-electron chi connectivity index (χ3n) is 10.2. The summed E-state index contributed by atoms with van der Waals surface area (Å²) >= 11 is 0. The van der Waals surface area contributed by atoms with E-state index in [1.165, 1.54) is 5.56 Å². The molecule has 4 aliphatic heterocycles. The zero-order valence-electron chi connectivity index (χ0n) is 22.1. The maximum Gasteiger partial charge on any atom is 0.252 e. The van der Waals surface area contributed by atoms with Crippen LogP contribution >= 0.6 is 12.4 Å². The zero-order chi connectivity index (χ0) is 26.4. The molecule has 5 unspecified atom stereocenters. The Balaban J connectivity index is 0.00000264. The fourth-order valence-electron chi connectivity index (χ4n) is 8.64. The Bertz CT molecular complexity index is 1470. The largest absolute Gasteiger partial charge is 0.504 e. The maximum absolute atomic E-state index is 13.7. The SMILES string of the molecule is Cl.O=C(NCc1ccccc1)[C@H]1OC23CCC1(O)C1Oc4c(O)ccc5c4C12CCN(Cc1ccccc1)C3C5. The highest BCUT2D eigenvalue weighted by Crippen LogP contribution is 2.71. The number of aromatic hydroxyl groups is 1. The quantitative estimate of drug-likeness (QED) is 0.441. The van der Waals surface area contributed by atoms with E-state index >= 15 is 0 Å². The summed E-state index contributed by atoms with van der Waals surface area (Å²) < 4.78 is 13.6. The second-order valence-corrected chi connectivity index (χ2v) is 11.9. The van der Waals surface area contributed by atoms with E-state index in [9.17, 15) is 15.0 Å². The number of ether oxygens (including phenoxy) is 2. The van der Waals surface area contributed by atoms with Crippen LogP contribution in [0.1, 0.15) is 41.5 Å². The molecule has 2 spiro atoms. The zero-order valence-corrected chi connectivity index (χ0v) is 22.9. The van der Waals surface area contributed by atoms with Crippen LogP contribution in [0.3, 0.4) is 0 Å². The monoisotopic (exact) mass is 560 g/mol. The van der Waals surface area contributed by atoms with Gasteiger partial charge >= 0.3 is 0 Å². The van der Waals surface area contributed by atoms with E-state index in [-0.39, 0.29) is 30.1 Å². The lowest BCUT2D eigenvalue weighted by atomic mass is 9.44. The van der Waals surface area contributed by atoms with Crippen LogP contribution in [-0.2, 0) is 34.5 Å². The van der Waals surface area contributed by atoms with Gasteiger partial charge in [-0.05, 0) is 48.4 Å². The molecule has 40 heavy (non-hydrogen) atoms. The lowest BCUT2D eigenvalue weighted by Crippen LogP contribution is -2.87. The van der Waals surface area contributed by atoms with E-state index < -0.39 is 28.8 Å². The molecular weight excluding hydrogens is 528 g/mol. The summed E-state index contributed by atoms with van der Waals surface area (Å²) in [5, 5.41) is 26.2. The molecule has 2 aliphatic carbocycles. The van der Waals surface area contributed by atoms with Gasteiger partial charge in [0.15, 0.2) is 17.6 Å². The topological polar surface area (TPSA) is 91.3 Å². The number of phenolic OH excluding ortho intramolecular Hbond substituents is 1. The molecule has 6 aliphatic rings. The van der Waals surface area contributed by atoms with E-state index in [1.54, 1.807) is 6.07 Å². The predicted octanol–water partition coefficient (Wildman–Crippen LogP) is 3.62. The standard InChI is InChI=1S/C32H32N2O5.ClH/c35-23-12-11-22-17-24-32-14-13-31(37,27(39-32)28(36)33-18-20-7-3-1-4-8-20)29-30(32,25(22)26(23)38-29)15-16-34(24)19-21-9-5-2-6-10-21;/h1-12,24,27,29,35,37H,13-19H2,(H,33,36);1H/t24?,27-,29?,30?,31?,32?;/m1./s1. The Hall–Kier alpha value is -3.10. The van der Waals surface area contributed by atoms with E-state index in [1.807, 2.05) is 42.5 Å². The first-order valence-electron chi connectivity index (χ1n) is 14.0. The molecule has 208 valence electrons. The van der Waals surface area contributed by atoms with Crippen molar-refractivity contribution in [2.75, 3.05) is 6.54 Å². The first-order chi connectivity index (χ1) is 19.0. The summed E-state index contributed by atoms with van der Waals surface area (Å²) in [5.74, 6) is 0.231. The number of fused-ring (bicyclic) bond motifs is 2.